The van der Waals surface area contributed by atoms with Crippen LogP contribution in [0.25, 0.3) is 0 Å². The molecule has 0 amide bonds. The summed E-state index contributed by atoms with van der Waals surface area (Å²) in [5.74, 6) is 0. The third-order valence-corrected chi connectivity index (χ3v) is 3.28. The predicted octanol–water partition coefficient (Wildman–Crippen LogP) is 0.813. The molecule has 70 valence electrons. The Morgan fingerprint density at radius 1 is 1.42 bits per heavy atom. The molecular formula is C7H14N2OS2. The largest absolute Gasteiger partial charge is 0.379 e. The van der Waals surface area contributed by atoms with Crippen molar-refractivity contribution in [1.29, 1.82) is 0 Å². The molecule has 5 heteroatoms. The lowest BCUT2D eigenvalue weighted by Gasteiger charge is -2.26. The second-order valence-electron chi connectivity index (χ2n) is 2.79. The molecule has 0 spiro atoms. The molecule has 0 atom stereocenters. The van der Waals surface area contributed by atoms with Gasteiger partial charge in [0.2, 0.25) is 0 Å². The van der Waals surface area contributed by atoms with Crippen LogP contribution in [-0.4, -0.2) is 53.9 Å². The van der Waals surface area contributed by atoms with Gasteiger partial charge in [0.05, 0.1) is 13.2 Å². The number of hydrogen-bond donors (Lipinski definition) is 0. The van der Waals surface area contributed by atoms with E-state index in [-0.39, 0.29) is 0 Å². The van der Waals surface area contributed by atoms with Gasteiger partial charge in [-0.1, -0.05) is 12.2 Å². The van der Waals surface area contributed by atoms with E-state index in [0.29, 0.717) is 0 Å². The average molecular weight is 206 g/mol. The molecule has 0 radical (unpaired) electrons. The third-order valence-electron chi connectivity index (χ3n) is 1.54. The summed E-state index contributed by atoms with van der Waals surface area (Å²) in [6.45, 7) is 3.59. The number of nitrogens with zero attached hydrogens (tertiary/aromatic N) is 2. The molecule has 0 N–H and O–H groups in total. The molecule has 1 rings (SSSR count). The Morgan fingerprint density at radius 3 is 2.50 bits per heavy atom. The zero-order valence-electron chi connectivity index (χ0n) is 7.45. The molecule has 1 fully saturated rings. The molecule has 0 aliphatic carbocycles. The first-order chi connectivity index (χ1) is 5.70. The van der Waals surface area contributed by atoms with Crippen LogP contribution in [0, 0.1) is 0 Å². The fourth-order valence-corrected chi connectivity index (χ4v) is 1.86. The topological polar surface area (TPSA) is 15.7 Å². The fraction of sp³-hybridized carbons (Fsp3) is 0.857. The van der Waals surface area contributed by atoms with Crippen molar-refractivity contribution >= 4 is 28.5 Å². The molecule has 3 nitrogen and oxygen atoms in total. The summed E-state index contributed by atoms with van der Waals surface area (Å²) in [7, 11) is 3.94. The van der Waals surface area contributed by atoms with Gasteiger partial charge in [0.1, 0.15) is 0 Å². The summed E-state index contributed by atoms with van der Waals surface area (Å²) in [4.78, 5) is 1.95. The van der Waals surface area contributed by atoms with E-state index in [1.807, 2.05) is 19.0 Å². The maximum Gasteiger partial charge on any atom is 0.151 e. The molecule has 12 heavy (non-hydrogen) atoms. The second-order valence-corrected chi connectivity index (χ2v) is 4.52. The molecule has 0 saturated carbocycles. The van der Waals surface area contributed by atoms with Crippen molar-refractivity contribution in [2.24, 2.45) is 0 Å². The van der Waals surface area contributed by atoms with Crippen LogP contribution in [-0.2, 0) is 4.74 Å². The highest BCUT2D eigenvalue weighted by atomic mass is 32.2. The van der Waals surface area contributed by atoms with E-state index in [1.165, 1.54) is 0 Å². The van der Waals surface area contributed by atoms with Crippen LogP contribution in [0.2, 0.25) is 0 Å². The van der Waals surface area contributed by atoms with Crippen LogP contribution in [0.4, 0.5) is 0 Å². The Bertz CT molecular complexity index is 157. The first-order valence-corrected chi connectivity index (χ1v) is 5.10. The summed E-state index contributed by atoms with van der Waals surface area (Å²) < 4.78 is 8.39. The van der Waals surface area contributed by atoms with E-state index < -0.39 is 0 Å². The van der Waals surface area contributed by atoms with E-state index in [4.69, 9.17) is 17.0 Å². The van der Waals surface area contributed by atoms with Crippen LogP contribution in [0.15, 0.2) is 0 Å². The Hall–Kier alpha value is 0.160. The highest BCUT2D eigenvalue weighted by Crippen LogP contribution is 2.15. The number of ether oxygens (including phenoxy) is 1. The molecule has 1 aliphatic rings. The lowest BCUT2D eigenvalue weighted by molar-refractivity contribution is 0.0777. The molecule has 0 bridgehead atoms. The van der Waals surface area contributed by atoms with Crippen LogP contribution in [0.3, 0.4) is 0 Å². The Balaban J connectivity index is 2.24. The van der Waals surface area contributed by atoms with Crippen LogP contribution in [0.1, 0.15) is 0 Å². The van der Waals surface area contributed by atoms with Gasteiger partial charge in [-0.3, -0.25) is 0 Å². The van der Waals surface area contributed by atoms with Gasteiger partial charge in [-0.05, 0) is 11.9 Å². The standard InChI is InChI=1S/C7H14N2OS2/c1-8(2)7(11)12-9-3-5-10-6-4-9/h3-6H2,1-2H3. The minimum atomic E-state index is 0.822. The van der Waals surface area contributed by atoms with Gasteiger partial charge in [-0.15, -0.1) is 0 Å². The normalized spacial score (nSPS) is 19.2. The summed E-state index contributed by atoms with van der Waals surface area (Å²) in [5, 5.41) is 0. The van der Waals surface area contributed by atoms with E-state index in [0.717, 1.165) is 30.6 Å². The smallest absolute Gasteiger partial charge is 0.151 e. The molecule has 1 saturated heterocycles. The predicted molar refractivity (Wildman–Crippen MR) is 56.3 cm³/mol. The van der Waals surface area contributed by atoms with Crippen molar-refractivity contribution in [2.75, 3.05) is 40.4 Å². The van der Waals surface area contributed by atoms with Gasteiger partial charge in [0, 0.05) is 27.2 Å². The molecule has 0 aromatic carbocycles. The monoisotopic (exact) mass is 206 g/mol. The number of rotatable bonds is 1. The van der Waals surface area contributed by atoms with Crippen molar-refractivity contribution in [2.45, 2.75) is 0 Å². The molecule has 1 heterocycles. The van der Waals surface area contributed by atoms with Gasteiger partial charge in [-0.25, -0.2) is 4.31 Å². The second kappa shape index (κ2) is 5.01. The van der Waals surface area contributed by atoms with Crippen molar-refractivity contribution in [3.8, 4) is 0 Å². The zero-order valence-corrected chi connectivity index (χ0v) is 9.08. The SMILES string of the molecule is CN(C)C(=S)SN1CCOCC1. The number of morpholine rings is 1. The Kier molecular flexibility index (Phi) is 4.28. The highest BCUT2D eigenvalue weighted by molar-refractivity contribution is 8.21. The van der Waals surface area contributed by atoms with E-state index >= 15 is 0 Å². The van der Waals surface area contributed by atoms with Gasteiger partial charge in [-0.2, -0.15) is 0 Å². The van der Waals surface area contributed by atoms with E-state index in [1.54, 1.807) is 11.9 Å². The van der Waals surface area contributed by atoms with Crippen molar-refractivity contribution < 1.29 is 4.74 Å². The van der Waals surface area contributed by atoms with Crippen LogP contribution < -0.4 is 0 Å². The van der Waals surface area contributed by atoms with Crippen LogP contribution >= 0.6 is 24.2 Å². The molecular weight excluding hydrogens is 192 g/mol. The number of hydrogen-bond acceptors (Lipinski definition) is 4. The maximum absolute atomic E-state index is 5.23. The minimum Gasteiger partial charge on any atom is -0.379 e. The van der Waals surface area contributed by atoms with Crippen molar-refractivity contribution in [3.63, 3.8) is 0 Å². The summed E-state index contributed by atoms with van der Waals surface area (Å²) in [6.07, 6.45) is 0. The van der Waals surface area contributed by atoms with E-state index in [2.05, 4.69) is 4.31 Å². The maximum atomic E-state index is 5.23. The Morgan fingerprint density at radius 2 is 2.00 bits per heavy atom. The third kappa shape index (κ3) is 3.26. The molecule has 1 aliphatic heterocycles. The number of thiocarbonyl (C=S) groups is 1. The first kappa shape index (κ1) is 10.2. The lowest BCUT2D eigenvalue weighted by atomic mass is 10.5. The van der Waals surface area contributed by atoms with Gasteiger partial charge < -0.3 is 9.64 Å². The zero-order chi connectivity index (χ0) is 8.97. The van der Waals surface area contributed by atoms with Crippen LogP contribution in [0.5, 0.6) is 0 Å². The molecule has 0 aromatic rings. The minimum absolute atomic E-state index is 0.822. The van der Waals surface area contributed by atoms with Gasteiger partial charge in [0.25, 0.3) is 0 Å². The molecule has 0 unspecified atom stereocenters. The van der Waals surface area contributed by atoms with Crippen molar-refractivity contribution in [1.82, 2.24) is 9.21 Å². The highest BCUT2D eigenvalue weighted by Gasteiger charge is 2.13. The average Bonchev–Trinajstić information content (AvgIpc) is 2.06. The van der Waals surface area contributed by atoms with E-state index in [9.17, 15) is 0 Å². The van der Waals surface area contributed by atoms with Gasteiger partial charge >= 0.3 is 0 Å². The Labute approximate surface area is 83.2 Å². The lowest BCUT2D eigenvalue weighted by Crippen LogP contribution is -2.33. The summed E-state index contributed by atoms with van der Waals surface area (Å²) in [6, 6.07) is 0. The summed E-state index contributed by atoms with van der Waals surface area (Å²) in [5.41, 5.74) is 0. The van der Waals surface area contributed by atoms with Crippen molar-refractivity contribution in [3.05, 3.63) is 0 Å². The quantitative estimate of drug-likeness (QED) is 0.465. The first-order valence-electron chi connectivity index (χ1n) is 3.92. The molecule has 0 aromatic heterocycles. The van der Waals surface area contributed by atoms with Gasteiger partial charge in [0.15, 0.2) is 4.32 Å². The summed E-state index contributed by atoms with van der Waals surface area (Å²) >= 11 is 6.80. The fourth-order valence-electron chi connectivity index (χ4n) is 0.830.